The molecule has 2 heterocycles. The first kappa shape index (κ1) is 22.9. The van der Waals surface area contributed by atoms with E-state index in [0.29, 0.717) is 19.1 Å². The van der Waals surface area contributed by atoms with E-state index in [2.05, 4.69) is 65.2 Å². The lowest BCUT2D eigenvalue weighted by Gasteiger charge is -2.16. The fraction of sp³-hybridized carbons (Fsp3) is 0.609. The number of ether oxygens (including phenoxy) is 2. The number of hydrogen-bond acceptors (Lipinski definition) is 5. The zero-order valence-electron chi connectivity index (χ0n) is 19.4. The largest absolute Gasteiger partial charge is 0.494 e. The highest BCUT2D eigenvalue weighted by molar-refractivity contribution is 5.79. The summed E-state index contributed by atoms with van der Waals surface area (Å²) in [6.07, 6.45) is 3.77. The van der Waals surface area contributed by atoms with Gasteiger partial charge in [-0.3, -0.25) is 0 Å². The third-order valence-electron chi connectivity index (χ3n) is 5.12. The number of fused-ring (bicyclic) bond motifs is 1. The van der Waals surface area contributed by atoms with Gasteiger partial charge in [0.15, 0.2) is 5.96 Å². The fourth-order valence-electron chi connectivity index (χ4n) is 3.57. The van der Waals surface area contributed by atoms with Gasteiger partial charge in [0, 0.05) is 43.6 Å². The highest BCUT2D eigenvalue weighted by Gasteiger charge is 2.21. The summed E-state index contributed by atoms with van der Waals surface area (Å²) < 4.78 is 13.9. The average Bonchev–Trinajstić information content (AvgIpc) is 3.34. The minimum absolute atomic E-state index is 0.207. The van der Waals surface area contributed by atoms with Crippen LogP contribution in [0.25, 0.3) is 0 Å². The normalized spacial score (nSPS) is 15.7. The Kier molecular flexibility index (Phi) is 8.14. The van der Waals surface area contributed by atoms with Crippen LogP contribution in [0.15, 0.2) is 23.5 Å². The van der Waals surface area contributed by atoms with Crippen molar-refractivity contribution in [3.63, 3.8) is 0 Å². The maximum atomic E-state index is 5.94. The third kappa shape index (κ3) is 6.35. The lowest BCUT2D eigenvalue weighted by Crippen LogP contribution is -2.40. The molecule has 8 heteroatoms. The van der Waals surface area contributed by atoms with Gasteiger partial charge in [-0.05, 0) is 31.9 Å². The first-order chi connectivity index (χ1) is 15.0. The Morgan fingerprint density at radius 1 is 1.32 bits per heavy atom. The molecule has 0 bridgehead atoms. The van der Waals surface area contributed by atoms with Gasteiger partial charge in [-0.1, -0.05) is 20.8 Å². The Labute approximate surface area is 185 Å². The van der Waals surface area contributed by atoms with Crippen LogP contribution < -0.4 is 20.1 Å². The Bertz CT molecular complexity index is 877. The van der Waals surface area contributed by atoms with E-state index in [4.69, 9.17) is 14.5 Å². The molecule has 1 aromatic heterocycles. The van der Waals surface area contributed by atoms with Gasteiger partial charge in [0.1, 0.15) is 29.8 Å². The van der Waals surface area contributed by atoms with Gasteiger partial charge in [0.05, 0.1) is 13.2 Å². The van der Waals surface area contributed by atoms with Crippen LogP contribution in [0.1, 0.15) is 51.6 Å². The second kappa shape index (κ2) is 11.0. The van der Waals surface area contributed by atoms with Gasteiger partial charge in [-0.25, -0.2) is 4.99 Å². The molecule has 0 saturated carbocycles. The molecule has 0 spiro atoms. The van der Waals surface area contributed by atoms with E-state index >= 15 is 0 Å². The molecule has 0 amide bonds. The van der Waals surface area contributed by atoms with Crippen LogP contribution >= 0.6 is 0 Å². The van der Waals surface area contributed by atoms with Crippen molar-refractivity contribution in [2.45, 2.75) is 66.7 Å². The number of rotatable bonds is 10. The Hall–Kier alpha value is -2.77. The lowest BCUT2D eigenvalue weighted by atomic mass is 10.1. The van der Waals surface area contributed by atoms with E-state index in [0.717, 1.165) is 61.3 Å². The van der Waals surface area contributed by atoms with Crippen molar-refractivity contribution in [1.29, 1.82) is 0 Å². The molecule has 31 heavy (non-hydrogen) atoms. The fourth-order valence-corrected chi connectivity index (χ4v) is 3.57. The molecule has 2 aromatic rings. The topological polar surface area (TPSA) is 85.6 Å². The van der Waals surface area contributed by atoms with Gasteiger partial charge < -0.3 is 24.7 Å². The van der Waals surface area contributed by atoms with Gasteiger partial charge in [0.25, 0.3) is 0 Å². The van der Waals surface area contributed by atoms with Crippen molar-refractivity contribution in [2.24, 2.45) is 10.9 Å². The molecule has 0 saturated heterocycles. The second-order valence-corrected chi connectivity index (χ2v) is 8.29. The molecule has 0 fully saturated rings. The molecular weight excluding hydrogens is 392 g/mol. The van der Waals surface area contributed by atoms with Crippen molar-refractivity contribution in [1.82, 2.24) is 25.4 Å². The molecule has 0 aliphatic carbocycles. The van der Waals surface area contributed by atoms with Crippen LogP contribution in [0.5, 0.6) is 11.5 Å². The Morgan fingerprint density at radius 3 is 2.90 bits per heavy atom. The number of aryl methyl sites for hydroxylation is 1. The minimum atomic E-state index is 0.207. The first-order valence-electron chi connectivity index (χ1n) is 11.3. The SMILES string of the molecule is CCOc1cc2c(cc1CN=C(NCCn1cnnc1CC)NCC(C)C)OC(C)C2. The number of aromatic nitrogens is 3. The van der Waals surface area contributed by atoms with Crippen molar-refractivity contribution in [2.75, 3.05) is 19.7 Å². The Balaban J connectivity index is 1.70. The van der Waals surface area contributed by atoms with Crippen LogP contribution in [0.2, 0.25) is 0 Å². The molecular formula is C23H36N6O2. The first-order valence-corrected chi connectivity index (χ1v) is 11.3. The molecule has 170 valence electrons. The molecule has 1 aliphatic rings. The number of hydrogen-bond donors (Lipinski definition) is 2. The number of guanidine groups is 1. The van der Waals surface area contributed by atoms with Crippen molar-refractivity contribution in [3.05, 3.63) is 35.4 Å². The van der Waals surface area contributed by atoms with E-state index in [-0.39, 0.29) is 6.10 Å². The van der Waals surface area contributed by atoms with Gasteiger partial charge in [-0.2, -0.15) is 0 Å². The number of nitrogens with one attached hydrogen (secondary N) is 2. The van der Waals surface area contributed by atoms with Crippen LogP contribution in [-0.2, 0) is 25.9 Å². The summed E-state index contributed by atoms with van der Waals surface area (Å²) in [6, 6.07) is 4.19. The van der Waals surface area contributed by atoms with Crippen molar-refractivity contribution in [3.8, 4) is 11.5 Å². The predicted molar refractivity (Wildman–Crippen MR) is 123 cm³/mol. The summed E-state index contributed by atoms with van der Waals surface area (Å²) in [6.45, 7) is 14.1. The smallest absolute Gasteiger partial charge is 0.191 e. The van der Waals surface area contributed by atoms with Gasteiger partial charge in [-0.15, -0.1) is 10.2 Å². The highest BCUT2D eigenvalue weighted by atomic mass is 16.5. The van der Waals surface area contributed by atoms with E-state index < -0.39 is 0 Å². The van der Waals surface area contributed by atoms with Crippen molar-refractivity contribution >= 4 is 5.96 Å². The second-order valence-electron chi connectivity index (χ2n) is 8.29. The average molecular weight is 429 g/mol. The molecule has 2 N–H and O–H groups in total. The monoisotopic (exact) mass is 428 g/mol. The standard InChI is InChI=1S/C23H36N6O2/c1-6-22-28-27-15-29(22)9-8-24-23(25-13-16(3)4)26-14-19-12-21-18(10-17(5)31-21)11-20(19)30-7-2/h11-12,15-17H,6-10,13-14H2,1-5H3,(H2,24,25,26). The molecule has 1 atom stereocenters. The summed E-state index contributed by atoms with van der Waals surface area (Å²) in [4.78, 5) is 4.83. The van der Waals surface area contributed by atoms with E-state index in [9.17, 15) is 0 Å². The Morgan fingerprint density at radius 2 is 2.16 bits per heavy atom. The minimum Gasteiger partial charge on any atom is -0.494 e. The van der Waals surface area contributed by atoms with Gasteiger partial charge >= 0.3 is 0 Å². The summed E-state index contributed by atoms with van der Waals surface area (Å²) >= 11 is 0. The van der Waals surface area contributed by atoms with E-state index in [1.165, 1.54) is 5.56 Å². The summed E-state index contributed by atoms with van der Waals surface area (Å²) in [5, 5.41) is 15.0. The zero-order chi connectivity index (χ0) is 22.2. The molecule has 1 aromatic carbocycles. The van der Waals surface area contributed by atoms with E-state index in [1.54, 1.807) is 6.33 Å². The summed E-state index contributed by atoms with van der Waals surface area (Å²) in [5.41, 5.74) is 2.24. The van der Waals surface area contributed by atoms with Gasteiger partial charge in [0.2, 0.25) is 0 Å². The van der Waals surface area contributed by atoms with Crippen molar-refractivity contribution < 1.29 is 9.47 Å². The van der Waals surface area contributed by atoms with Crippen LogP contribution in [0.4, 0.5) is 0 Å². The van der Waals surface area contributed by atoms with Crippen LogP contribution in [0, 0.1) is 5.92 Å². The molecule has 1 aliphatic heterocycles. The maximum Gasteiger partial charge on any atom is 0.191 e. The van der Waals surface area contributed by atoms with E-state index in [1.807, 2.05) is 6.92 Å². The highest BCUT2D eigenvalue weighted by Crippen LogP contribution is 2.35. The third-order valence-corrected chi connectivity index (χ3v) is 5.12. The summed E-state index contributed by atoms with van der Waals surface area (Å²) in [7, 11) is 0. The number of nitrogens with zero attached hydrogens (tertiary/aromatic N) is 4. The number of benzene rings is 1. The molecule has 1 unspecified atom stereocenters. The predicted octanol–water partition coefficient (Wildman–Crippen LogP) is 2.95. The van der Waals surface area contributed by atoms with Crippen LogP contribution in [0.3, 0.4) is 0 Å². The molecule has 0 radical (unpaired) electrons. The molecule has 8 nitrogen and oxygen atoms in total. The maximum absolute atomic E-state index is 5.94. The zero-order valence-corrected chi connectivity index (χ0v) is 19.4. The van der Waals surface area contributed by atoms with Crippen LogP contribution in [-0.4, -0.2) is 46.5 Å². The number of aliphatic imine (C=N–C) groups is 1. The molecule has 3 rings (SSSR count). The lowest BCUT2D eigenvalue weighted by molar-refractivity contribution is 0.254. The summed E-state index contributed by atoms with van der Waals surface area (Å²) in [5.74, 6) is 4.14. The quantitative estimate of drug-likeness (QED) is 0.447.